The highest BCUT2D eigenvalue weighted by Crippen LogP contribution is 2.27. The van der Waals surface area contributed by atoms with E-state index in [1.807, 2.05) is 0 Å². The van der Waals surface area contributed by atoms with Crippen molar-refractivity contribution in [1.82, 2.24) is 19.8 Å². The fourth-order valence-corrected chi connectivity index (χ4v) is 2.27. The number of rotatable bonds is 6. The van der Waals surface area contributed by atoms with Crippen molar-refractivity contribution in [2.24, 2.45) is 0 Å². The van der Waals surface area contributed by atoms with Gasteiger partial charge in [-0.2, -0.15) is 17.7 Å². The number of halogens is 3. The van der Waals surface area contributed by atoms with Gasteiger partial charge in [0.25, 0.3) is 5.82 Å². The van der Waals surface area contributed by atoms with Crippen LogP contribution in [0.25, 0.3) is 5.65 Å². The fraction of sp³-hybridized carbons (Fsp3) is 0.250. The molecule has 1 amide bonds. The van der Waals surface area contributed by atoms with Gasteiger partial charge in [-0.3, -0.25) is 4.79 Å². The molecule has 2 aromatic heterocycles. The first-order valence-corrected chi connectivity index (χ1v) is 7.87. The lowest BCUT2D eigenvalue weighted by atomic mass is 10.3. The topological polar surface area (TPSA) is 93.4 Å². The van der Waals surface area contributed by atoms with Gasteiger partial charge in [-0.15, -0.1) is 15.3 Å². The molecule has 0 bridgehead atoms. The van der Waals surface area contributed by atoms with Crippen molar-refractivity contribution in [3.8, 4) is 5.75 Å². The first kappa shape index (κ1) is 18.4. The molecule has 27 heavy (non-hydrogen) atoms. The zero-order valence-corrected chi connectivity index (χ0v) is 14.1. The van der Waals surface area contributed by atoms with Crippen LogP contribution >= 0.6 is 0 Å². The second kappa shape index (κ2) is 7.48. The van der Waals surface area contributed by atoms with Crippen LogP contribution in [-0.2, 0) is 11.0 Å². The first-order valence-electron chi connectivity index (χ1n) is 7.87. The lowest BCUT2D eigenvalue weighted by molar-refractivity contribution is -0.146. The summed E-state index contributed by atoms with van der Waals surface area (Å²) in [7, 11) is 0. The Morgan fingerprint density at radius 2 is 2.04 bits per heavy atom. The number of nitrogens with one attached hydrogen (secondary N) is 2. The zero-order valence-electron chi connectivity index (χ0n) is 14.1. The number of hydrogen-bond donors (Lipinski definition) is 2. The number of amides is 1. The summed E-state index contributed by atoms with van der Waals surface area (Å²) in [4.78, 5) is 11.1. The van der Waals surface area contributed by atoms with E-state index in [4.69, 9.17) is 4.74 Å². The Kier molecular flexibility index (Phi) is 5.10. The molecule has 0 aliphatic carbocycles. The third kappa shape index (κ3) is 4.63. The SMILES string of the molecule is CC(=O)Nc1cccc(OCCNc2ccc3nnc(C(F)(F)F)n3n2)c1. The van der Waals surface area contributed by atoms with Crippen LogP contribution in [0.3, 0.4) is 0 Å². The van der Waals surface area contributed by atoms with Gasteiger partial charge < -0.3 is 15.4 Å². The Bertz CT molecular complexity index is 957. The minimum absolute atomic E-state index is 0.00101. The molecule has 1 aromatic carbocycles. The van der Waals surface area contributed by atoms with Crippen molar-refractivity contribution in [3.05, 3.63) is 42.2 Å². The maximum absolute atomic E-state index is 12.9. The van der Waals surface area contributed by atoms with Gasteiger partial charge in [0.15, 0.2) is 5.65 Å². The van der Waals surface area contributed by atoms with Crippen LogP contribution in [0, 0.1) is 0 Å². The highest BCUT2D eigenvalue weighted by Gasteiger charge is 2.37. The third-order valence-electron chi connectivity index (χ3n) is 3.35. The minimum atomic E-state index is -4.65. The molecule has 3 aromatic rings. The van der Waals surface area contributed by atoms with Crippen molar-refractivity contribution < 1.29 is 22.7 Å². The molecule has 0 saturated carbocycles. The number of carbonyl (C=O) groups excluding carboxylic acids is 1. The monoisotopic (exact) mass is 380 g/mol. The van der Waals surface area contributed by atoms with Gasteiger partial charge in [0.2, 0.25) is 5.91 Å². The number of hydrogen-bond acceptors (Lipinski definition) is 6. The van der Waals surface area contributed by atoms with Crippen molar-refractivity contribution in [2.45, 2.75) is 13.1 Å². The van der Waals surface area contributed by atoms with Gasteiger partial charge in [-0.25, -0.2) is 0 Å². The molecule has 0 radical (unpaired) electrons. The van der Waals surface area contributed by atoms with Gasteiger partial charge in [0.1, 0.15) is 18.2 Å². The maximum atomic E-state index is 12.9. The number of benzene rings is 1. The van der Waals surface area contributed by atoms with E-state index in [9.17, 15) is 18.0 Å². The molecule has 11 heteroatoms. The zero-order chi connectivity index (χ0) is 19.4. The van der Waals surface area contributed by atoms with E-state index in [2.05, 4.69) is 25.9 Å². The van der Waals surface area contributed by atoms with E-state index < -0.39 is 12.0 Å². The van der Waals surface area contributed by atoms with Crippen LogP contribution in [0.2, 0.25) is 0 Å². The van der Waals surface area contributed by atoms with Crippen molar-refractivity contribution in [3.63, 3.8) is 0 Å². The Labute approximate surface area is 151 Å². The standard InChI is InChI=1S/C16H15F3N6O2/c1-10(26)21-11-3-2-4-12(9-11)27-8-7-20-13-5-6-14-22-23-15(16(17,18)19)25(14)24-13/h2-6,9H,7-8H2,1H3,(H,20,24)(H,21,26). The Morgan fingerprint density at radius 1 is 1.22 bits per heavy atom. The second-order valence-corrected chi connectivity index (χ2v) is 5.49. The van der Waals surface area contributed by atoms with Crippen molar-refractivity contribution in [1.29, 1.82) is 0 Å². The molecule has 0 atom stereocenters. The van der Waals surface area contributed by atoms with Gasteiger partial charge >= 0.3 is 6.18 Å². The number of anilines is 2. The molecule has 2 heterocycles. The fourth-order valence-electron chi connectivity index (χ4n) is 2.27. The smallest absolute Gasteiger partial charge is 0.453 e. The summed E-state index contributed by atoms with van der Waals surface area (Å²) >= 11 is 0. The molecule has 2 N–H and O–H groups in total. The highest BCUT2D eigenvalue weighted by atomic mass is 19.4. The number of carbonyl (C=O) groups is 1. The average Bonchev–Trinajstić information content (AvgIpc) is 3.02. The van der Waals surface area contributed by atoms with E-state index in [1.54, 1.807) is 24.3 Å². The summed E-state index contributed by atoms with van der Waals surface area (Å²) in [5.41, 5.74) is 0.603. The van der Waals surface area contributed by atoms with Crippen LogP contribution in [0.1, 0.15) is 12.7 Å². The maximum Gasteiger partial charge on any atom is 0.453 e. The summed E-state index contributed by atoms with van der Waals surface area (Å²) in [5, 5.41) is 15.9. The molecule has 0 aliphatic rings. The first-order chi connectivity index (χ1) is 12.8. The normalized spacial score (nSPS) is 11.4. The molecule has 0 spiro atoms. The molecular formula is C16H15F3N6O2. The molecule has 0 unspecified atom stereocenters. The van der Waals surface area contributed by atoms with E-state index in [-0.39, 0.29) is 24.0 Å². The van der Waals surface area contributed by atoms with E-state index in [1.165, 1.54) is 19.1 Å². The average molecular weight is 380 g/mol. The molecule has 0 fully saturated rings. The Morgan fingerprint density at radius 3 is 2.78 bits per heavy atom. The molecule has 142 valence electrons. The predicted octanol–water partition coefficient (Wildman–Crippen LogP) is 2.59. The van der Waals surface area contributed by atoms with Gasteiger partial charge in [-0.1, -0.05) is 6.07 Å². The van der Waals surface area contributed by atoms with Crippen LogP contribution in [0.4, 0.5) is 24.7 Å². The van der Waals surface area contributed by atoms with E-state index in [0.717, 1.165) is 0 Å². The molecule has 3 rings (SSSR count). The number of fused-ring (bicyclic) bond motifs is 1. The van der Waals surface area contributed by atoms with Gasteiger partial charge in [-0.05, 0) is 24.3 Å². The van der Waals surface area contributed by atoms with Crippen molar-refractivity contribution in [2.75, 3.05) is 23.8 Å². The third-order valence-corrected chi connectivity index (χ3v) is 3.35. The largest absolute Gasteiger partial charge is 0.492 e. The van der Waals surface area contributed by atoms with E-state index >= 15 is 0 Å². The summed E-state index contributed by atoms with van der Waals surface area (Å²) in [6, 6.07) is 9.73. The van der Waals surface area contributed by atoms with Gasteiger partial charge in [0, 0.05) is 18.7 Å². The minimum Gasteiger partial charge on any atom is -0.492 e. The molecule has 0 aliphatic heterocycles. The lowest BCUT2D eigenvalue weighted by Crippen LogP contribution is -2.16. The quantitative estimate of drug-likeness (QED) is 0.639. The van der Waals surface area contributed by atoms with Crippen LogP contribution in [0.15, 0.2) is 36.4 Å². The Hall–Kier alpha value is -3.37. The highest BCUT2D eigenvalue weighted by molar-refractivity contribution is 5.88. The molecule has 8 nitrogen and oxygen atoms in total. The molecular weight excluding hydrogens is 365 g/mol. The second-order valence-electron chi connectivity index (χ2n) is 5.49. The van der Waals surface area contributed by atoms with Crippen LogP contribution in [0.5, 0.6) is 5.75 Å². The Balaban J connectivity index is 1.58. The molecule has 0 saturated heterocycles. The van der Waals surface area contributed by atoms with Crippen LogP contribution in [-0.4, -0.2) is 38.9 Å². The summed E-state index contributed by atoms with van der Waals surface area (Å²) in [6.45, 7) is 1.94. The van der Waals surface area contributed by atoms with Gasteiger partial charge in [0.05, 0.1) is 6.54 Å². The van der Waals surface area contributed by atoms with Crippen molar-refractivity contribution >= 4 is 23.1 Å². The summed E-state index contributed by atoms with van der Waals surface area (Å²) in [6.07, 6.45) is -4.65. The predicted molar refractivity (Wildman–Crippen MR) is 90.5 cm³/mol. The number of ether oxygens (including phenoxy) is 1. The number of alkyl halides is 3. The van der Waals surface area contributed by atoms with E-state index in [0.29, 0.717) is 22.5 Å². The summed E-state index contributed by atoms with van der Waals surface area (Å²) in [5.74, 6) is -0.609. The lowest BCUT2D eigenvalue weighted by Gasteiger charge is -2.10. The summed E-state index contributed by atoms with van der Waals surface area (Å²) < 4.78 is 44.8. The number of aromatic nitrogens is 4. The van der Waals surface area contributed by atoms with Crippen LogP contribution < -0.4 is 15.4 Å². The number of nitrogens with zero attached hydrogens (tertiary/aromatic N) is 4.